The second kappa shape index (κ2) is 6.70. The number of hydrogen-bond donors (Lipinski definition) is 1. The first kappa shape index (κ1) is 13.3. The molecule has 0 aromatic carbocycles. The number of amides is 1. The Morgan fingerprint density at radius 2 is 2.00 bits per heavy atom. The first-order valence-corrected chi connectivity index (χ1v) is 5.84. The number of likely N-dealkylation sites (tertiary alicyclic amines) is 1. The van der Waals surface area contributed by atoms with E-state index in [-0.39, 0.29) is 6.61 Å². The van der Waals surface area contributed by atoms with E-state index in [0.717, 1.165) is 13.1 Å². The Balaban J connectivity index is 2.14. The zero-order valence-electron chi connectivity index (χ0n) is 10.2. The van der Waals surface area contributed by atoms with Crippen LogP contribution in [-0.2, 0) is 4.74 Å². The minimum atomic E-state index is -0.581. The van der Waals surface area contributed by atoms with Crippen molar-refractivity contribution in [1.29, 1.82) is 0 Å². The van der Waals surface area contributed by atoms with Crippen LogP contribution < -0.4 is 0 Å². The van der Waals surface area contributed by atoms with Crippen LogP contribution in [0, 0.1) is 0 Å². The smallest absolute Gasteiger partial charge is 0.409 e. The lowest BCUT2D eigenvalue weighted by atomic mass is 10.1. The third kappa shape index (κ3) is 4.81. The molecule has 5 heteroatoms. The molecule has 1 fully saturated rings. The lowest BCUT2D eigenvalue weighted by Crippen LogP contribution is -2.39. The number of nitrogens with zero attached hydrogens (tertiary/aromatic N) is 2. The van der Waals surface area contributed by atoms with Crippen LogP contribution in [0.3, 0.4) is 0 Å². The average molecular weight is 230 g/mol. The van der Waals surface area contributed by atoms with E-state index in [1.807, 2.05) is 0 Å². The zero-order valence-corrected chi connectivity index (χ0v) is 10.2. The highest BCUT2D eigenvalue weighted by atomic mass is 16.6. The maximum Gasteiger partial charge on any atom is 0.409 e. The van der Waals surface area contributed by atoms with Gasteiger partial charge >= 0.3 is 6.09 Å². The number of piperidine rings is 1. The van der Waals surface area contributed by atoms with E-state index in [1.54, 1.807) is 14.1 Å². The van der Waals surface area contributed by atoms with Crippen LogP contribution >= 0.6 is 0 Å². The summed E-state index contributed by atoms with van der Waals surface area (Å²) in [5, 5.41) is 9.69. The largest absolute Gasteiger partial charge is 0.447 e. The first-order valence-electron chi connectivity index (χ1n) is 5.84. The fourth-order valence-electron chi connectivity index (χ4n) is 1.79. The highest BCUT2D eigenvalue weighted by Crippen LogP contribution is 2.08. The molecule has 1 rings (SSSR count). The lowest BCUT2D eigenvalue weighted by Gasteiger charge is -2.28. The van der Waals surface area contributed by atoms with Crippen molar-refractivity contribution in [3.8, 4) is 0 Å². The number of ether oxygens (including phenoxy) is 1. The summed E-state index contributed by atoms with van der Waals surface area (Å²) in [4.78, 5) is 14.7. The summed E-state index contributed by atoms with van der Waals surface area (Å²) < 4.78 is 4.92. The molecule has 1 aliphatic rings. The van der Waals surface area contributed by atoms with E-state index < -0.39 is 12.2 Å². The SMILES string of the molecule is CN(C)C(=O)OCC(O)CN1CCCCC1. The molecule has 5 nitrogen and oxygen atoms in total. The molecule has 94 valence electrons. The molecule has 0 radical (unpaired) electrons. The summed E-state index contributed by atoms with van der Waals surface area (Å²) >= 11 is 0. The van der Waals surface area contributed by atoms with Gasteiger partial charge in [0, 0.05) is 20.6 Å². The van der Waals surface area contributed by atoms with Crippen LogP contribution in [0.1, 0.15) is 19.3 Å². The number of aliphatic hydroxyl groups excluding tert-OH is 1. The van der Waals surface area contributed by atoms with E-state index in [1.165, 1.54) is 24.2 Å². The molecule has 1 N–H and O–H groups in total. The molecule has 1 aliphatic heterocycles. The van der Waals surface area contributed by atoms with Gasteiger partial charge in [-0.15, -0.1) is 0 Å². The Morgan fingerprint density at radius 1 is 1.38 bits per heavy atom. The third-order valence-corrected chi connectivity index (χ3v) is 2.68. The van der Waals surface area contributed by atoms with Crippen LogP contribution in [0.5, 0.6) is 0 Å². The van der Waals surface area contributed by atoms with Gasteiger partial charge in [-0.1, -0.05) is 6.42 Å². The predicted octanol–water partition coefficient (Wildman–Crippen LogP) is 0.531. The van der Waals surface area contributed by atoms with E-state index in [2.05, 4.69) is 4.90 Å². The van der Waals surface area contributed by atoms with Crippen LogP contribution in [-0.4, -0.2) is 67.4 Å². The molecule has 1 unspecified atom stereocenters. The summed E-state index contributed by atoms with van der Waals surface area (Å²) in [6.07, 6.45) is 2.69. The maximum absolute atomic E-state index is 11.1. The lowest BCUT2D eigenvalue weighted by molar-refractivity contribution is 0.0311. The van der Waals surface area contributed by atoms with Crippen molar-refractivity contribution in [1.82, 2.24) is 9.80 Å². The molecule has 0 aromatic heterocycles. The summed E-state index contributed by atoms with van der Waals surface area (Å²) in [5.74, 6) is 0. The molecule has 0 saturated carbocycles. The minimum absolute atomic E-state index is 0.0769. The van der Waals surface area contributed by atoms with Gasteiger partial charge in [-0.25, -0.2) is 4.79 Å². The highest BCUT2D eigenvalue weighted by molar-refractivity contribution is 5.66. The topological polar surface area (TPSA) is 53.0 Å². The highest BCUT2D eigenvalue weighted by Gasteiger charge is 2.16. The van der Waals surface area contributed by atoms with Crippen molar-refractivity contribution < 1.29 is 14.6 Å². The molecule has 1 saturated heterocycles. The third-order valence-electron chi connectivity index (χ3n) is 2.68. The molecule has 1 amide bonds. The monoisotopic (exact) mass is 230 g/mol. The van der Waals surface area contributed by atoms with E-state index in [9.17, 15) is 9.90 Å². The second-order valence-corrected chi connectivity index (χ2v) is 4.49. The summed E-state index contributed by atoms with van der Waals surface area (Å²) in [7, 11) is 3.25. The number of hydrogen-bond acceptors (Lipinski definition) is 4. The van der Waals surface area contributed by atoms with Gasteiger partial charge in [0.2, 0.25) is 0 Å². The van der Waals surface area contributed by atoms with Crippen molar-refractivity contribution in [2.75, 3.05) is 40.3 Å². The number of aliphatic hydroxyl groups is 1. The summed E-state index contributed by atoms with van der Waals surface area (Å²) in [5.41, 5.74) is 0. The van der Waals surface area contributed by atoms with Crippen molar-refractivity contribution in [3.63, 3.8) is 0 Å². The molecule has 1 atom stereocenters. The van der Waals surface area contributed by atoms with E-state index in [4.69, 9.17) is 4.74 Å². The fraction of sp³-hybridized carbons (Fsp3) is 0.909. The summed E-state index contributed by atoms with van der Waals surface area (Å²) in [6, 6.07) is 0. The Hall–Kier alpha value is -0.810. The van der Waals surface area contributed by atoms with Crippen molar-refractivity contribution in [2.45, 2.75) is 25.4 Å². The van der Waals surface area contributed by atoms with E-state index in [0.29, 0.717) is 6.54 Å². The molecule has 1 heterocycles. The molecule has 16 heavy (non-hydrogen) atoms. The Kier molecular flexibility index (Phi) is 5.55. The van der Waals surface area contributed by atoms with Crippen LogP contribution in [0.25, 0.3) is 0 Å². The average Bonchev–Trinajstić information content (AvgIpc) is 2.27. The van der Waals surface area contributed by atoms with Crippen LogP contribution in [0.2, 0.25) is 0 Å². The van der Waals surface area contributed by atoms with Crippen LogP contribution in [0.4, 0.5) is 4.79 Å². The van der Waals surface area contributed by atoms with Gasteiger partial charge in [-0.2, -0.15) is 0 Å². The molecule has 0 aromatic rings. The fourth-order valence-corrected chi connectivity index (χ4v) is 1.79. The quantitative estimate of drug-likeness (QED) is 0.765. The number of carbonyl (C=O) groups excluding carboxylic acids is 1. The van der Waals surface area contributed by atoms with Gasteiger partial charge in [0.15, 0.2) is 0 Å². The Bertz CT molecular complexity index is 215. The van der Waals surface area contributed by atoms with Crippen molar-refractivity contribution in [3.05, 3.63) is 0 Å². The predicted molar refractivity (Wildman–Crippen MR) is 61.3 cm³/mol. The molecular formula is C11H22N2O3. The number of carbonyl (C=O) groups is 1. The van der Waals surface area contributed by atoms with E-state index >= 15 is 0 Å². The minimum Gasteiger partial charge on any atom is -0.447 e. The molecule has 0 aliphatic carbocycles. The van der Waals surface area contributed by atoms with Gasteiger partial charge in [0.25, 0.3) is 0 Å². The number of β-amino-alcohol motifs (C(OH)–C–C–N with tert-alkyl or cyclic N) is 1. The molecular weight excluding hydrogens is 208 g/mol. The van der Waals surface area contributed by atoms with Crippen molar-refractivity contribution >= 4 is 6.09 Å². The second-order valence-electron chi connectivity index (χ2n) is 4.49. The molecule has 0 spiro atoms. The standard InChI is InChI=1S/C11H22N2O3/c1-12(2)11(15)16-9-10(14)8-13-6-4-3-5-7-13/h10,14H,3-9H2,1-2H3. The van der Waals surface area contributed by atoms with Crippen LogP contribution in [0.15, 0.2) is 0 Å². The Labute approximate surface area is 97.0 Å². The van der Waals surface area contributed by atoms with Gasteiger partial charge in [0.1, 0.15) is 12.7 Å². The van der Waals surface area contributed by atoms with Gasteiger partial charge in [0.05, 0.1) is 0 Å². The molecule has 0 bridgehead atoms. The van der Waals surface area contributed by atoms with Crippen molar-refractivity contribution in [2.24, 2.45) is 0 Å². The van der Waals surface area contributed by atoms with Gasteiger partial charge in [-0.05, 0) is 25.9 Å². The first-order chi connectivity index (χ1) is 7.59. The number of rotatable bonds is 4. The zero-order chi connectivity index (χ0) is 12.0. The van der Waals surface area contributed by atoms with Gasteiger partial charge in [-0.3, -0.25) is 0 Å². The summed E-state index contributed by atoms with van der Waals surface area (Å²) in [6.45, 7) is 2.76. The Morgan fingerprint density at radius 3 is 2.56 bits per heavy atom. The normalized spacial score (nSPS) is 19.2. The van der Waals surface area contributed by atoms with Gasteiger partial charge < -0.3 is 19.6 Å². The maximum atomic E-state index is 11.1.